The van der Waals surface area contributed by atoms with Crippen molar-refractivity contribution in [1.82, 2.24) is 0 Å². The third-order valence-corrected chi connectivity index (χ3v) is 6.92. The van der Waals surface area contributed by atoms with E-state index < -0.39 is 16.1 Å². The minimum absolute atomic E-state index is 0. The summed E-state index contributed by atoms with van der Waals surface area (Å²) in [6, 6.07) is 0. The molecule has 0 amide bonds. The molecule has 0 saturated carbocycles. The first-order valence-electron chi connectivity index (χ1n) is 6.77. The molecule has 0 bridgehead atoms. The second-order valence-corrected chi connectivity index (χ2v) is 17.0. The topological polar surface area (TPSA) is 0 Å². The van der Waals surface area contributed by atoms with Crippen molar-refractivity contribution < 1.29 is 41.8 Å². The quantitative estimate of drug-likeness (QED) is 0.420. The molecule has 0 saturated heterocycles. The summed E-state index contributed by atoms with van der Waals surface area (Å²) in [6.45, 7) is 14.1. The van der Waals surface area contributed by atoms with Crippen molar-refractivity contribution in [3.8, 4) is 0 Å². The molecule has 19 heavy (non-hydrogen) atoms. The smallest absolute Gasteiger partial charge is 1.00 e. The third kappa shape index (κ3) is 7.34. The monoisotopic (exact) mass is 427 g/mol. The molecular formula is C16H27Si2Sm. The normalized spacial score (nSPS) is 17.4. The van der Waals surface area contributed by atoms with Crippen molar-refractivity contribution in [1.29, 1.82) is 0 Å². The van der Waals surface area contributed by atoms with Crippen LogP contribution < -0.4 is 0 Å². The van der Waals surface area contributed by atoms with Gasteiger partial charge in [-0.2, -0.15) is 12.2 Å². The molecule has 0 fully saturated rings. The molecule has 0 aromatic carbocycles. The van der Waals surface area contributed by atoms with E-state index in [1.165, 1.54) is 10.4 Å². The Morgan fingerprint density at radius 2 is 1.11 bits per heavy atom. The molecule has 0 aromatic heterocycles. The van der Waals surface area contributed by atoms with Crippen LogP contribution >= 0.6 is 0 Å². The Morgan fingerprint density at radius 3 is 1.21 bits per heavy atom. The standard InChI is InChI=1S/2C8H13Si.Sm.H/c2*1-9(2,3)8-6-4-5-7-8;;/h2*4,6H,5H2,1-3H3;;/q2*-1;+3;-1. The zero-order valence-electron chi connectivity index (χ0n) is 14.1. The van der Waals surface area contributed by atoms with Crippen LogP contribution in [0.3, 0.4) is 0 Å². The van der Waals surface area contributed by atoms with Crippen molar-refractivity contribution in [3.05, 3.63) is 46.8 Å². The van der Waals surface area contributed by atoms with Crippen LogP contribution in [-0.4, -0.2) is 16.1 Å². The van der Waals surface area contributed by atoms with Gasteiger partial charge in [0.05, 0.1) is 0 Å². The van der Waals surface area contributed by atoms with E-state index in [9.17, 15) is 0 Å². The Balaban J connectivity index is 0. The fourth-order valence-corrected chi connectivity index (χ4v) is 4.34. The summed E-state index contributed by atoms with van der Waals surface area (Å²) in [5.74, 6) is 0. The van der Waals surface area contributed by atoms with E-state index in [4.69, 9.17) is 0 Å². The summed E-state index contributed by atoms with van der Waals surface area (Å²) < 4.78 is 0. The molecule has 3 heteroatoms. The zero-order valence-corrected chi connectivity index (χ0v) is 17.8. The first-order valence-corrected chi connectivity index (χ1v) is 13.8. The molecule has 0 unspecified atom stereocenters. The summed E-state index contributed by atoms with van der Waals surface area (Å²) in [5.41, 5.74) is 0. The second-order valence-electron chi connectivity index (χ2n) is 6.89. The molecule has 0 heterocycles. The van der Waals surface area contributed by atoms with Crippen LogP contribution in [0, 0.1) is 52.5 Å². The first kappa shape index (κ1) is 19.7. The van der Waals surface area contributed by atoms with Gasteiger partial charge < -0.3 is 1.43 Å². The molecule has 2 aliphatic carbocycles. The van der Waals surface area contributed by atoms with Crippen LogP contribution in [0.15, 0.2) is 34.7 Å². The Hall–Kier alpha value is 0.731. The maximum absolute atomic E-state index is 3.36. The van der Waals surface area contributed by atoms with Gasteiger partial charge >= 0.3 is 40.4 Å². The minimum Gasteiger partial charge on any atom is -1.00 e. The summed E-state index contributed by atoms with van der Waals surface area (Å²) in [5, 5.41) is 2.98. The van der Waals surface area contributed by atoms with Gasteiger partial charge in [-0.05, 0) is 0 Å². The van der Waals surface area contributed by atoms with Gasteiger partial charge in [-0.25, -0.2) is 22.5 Å². The van der Waals surface area contributed by atoms with E-state index in [0.29, 0.717) is 0 Å². The molecule has 2 rings (SSSR count). The average Bonchev–Trinajstić information content (AvgIpc) is 2.91. The minimum atomic E-state index is -1.01. The van der Waals surface area contributed by atoms with Crippen molar-refractivity contribution in [3.63, 3.8) is 0 Å². The predicted molar refractivity (Wildman–Crippen MR) is 88.8 cm³/mol. The number of rotatable bonds is 2. The fourth-order valence-electron chi connectivity index (χ4n) is 1.84. The van der Waals surface area contributed by atoms with E-state index in [2.05, 4.69) is 75.7 Å². The van der Waals surface area contributed by atoms with Gasteiger partial charge in [0.2, 0.25) is 0 Å². The van der Waals surface area contributed by atoms with Crippen molar-refractivity contribution in [2.24, 2.45) is 0 Å². The van der Waals surface area contributed by atoms with Crippen LogP contribution in [0.5, 0.6) is 0 Å². The van der Waals surface area contributed by atoms with Gasteiger partial charge in [-0.15, -0.1) is 12.8 Å². The van der Waals surface area contributed by atoms with Crippen LogP contribution in [0.25, 0.3) is 0 Å². The molecule has 0 spiro atoms. The zero-order chi connectivity index (χ0) is 13.8. The van der Waals surface area contributed by atoms with Gasteiger partial charge in [0.1, 0.15) is 0 Å². The molecule has 2 aliphatic rings. The van der Waals surface area contributed by atoms with Gasteiger partial charge in [0.15, 0.2) is 0 Å². The van der Waals surface area contributed by atoms with E-state index in [1.54, 1.807) is 0 Å². The SMILES string of the molecule is C[Si](C)(C)C1=[C-]CC=C1.C[Si](C)(C)C1=[C-]CC=C1.[H-].[Sm+3]. The Labute approximate surface area is 155 Å². The summed E-state index contributed by atoms with van der Waals surface area (Å²) >= 11 is 0. The molecule has 0 aliphatic heterocycles. The molecule has 0 aromatic rings. The molecule has 1 radical (unpaired) electrons. The second kappa shape index (κ2) is 8.24. The Kier molecular flexibility index (Phi) is 8.56. The Morgan fingerprint density at radius 1 is 0.789 bits per heavy atom. The summed E-state index contributed by atoms with van der Waals surface area (Å²) in [7, 11) is -2.01. The van der Waals surface area contributed by atoms with Crippen LogP contribution in [0.4, 0.5) is 0 Å². The maximum Gasteiger partial charge on any atom is 3.00 e. The summed E-state index contributed by atoms with van der Waals surface area (Å²) in [6.07, 6.45) is 17.6. The molecule has 0 atom stereocenters. The van der Waals surface area contributed by atoms with Crippen molar-refractivity contribution >= 4 is 16.1 Å². The fraction of sp³-hybridized carbons (Fsp3) is 0.500. The predicted octanol–water partition coefficient (Wildman–Crippen LogP) is 5.22. The third-order valence-electron chi connectivity index (χ3n) is 3.01. The van der Waals surface area contributed by atoms with Crippen LogP contribution in [0.2, 0.25) is 39.3 Å². The largest absolute Gasteiger partial charge is 3.00 e. The van der Waals surface area contributed by atoms with Crippen molar-refractivity contribution in [2.45, 2.75) is 52.1 Å². The molecule has 0 nitrogen and oxygen atoms in total. The van der Waals surface area contributed by atoms with E-state index in [1.807, 2.05) is 0 Å². The van der Waals surface area contributed by atoms with Crippen LogP contribution in [-0.2, 0) is 0 Å². The van der Waals surface area contributed by atoms with Gasteiger partial charge in [-0.3, -0.25) is 12.2 Å². The van der Waals surface area contributed by atoms with Crippen molar-refractivity contribution in [2.75, 3.05) is 0 Å². The number of hydrogen-bond donors (Lipinski definition) is 0. The van der Waals surface area contributed by atoms with Gasteiger partial charge in [0, 0.05) is 16.1 Å². The average molecular weight is 426 g/mol. The molecular weight excluding hydrogens is 399 g/mol. The van der Waals surface area contributed by atoms with Gasteiger partial charge in [0.25, 0.3) is 0 Å². The molecule has 105 valence electrons. The number of hydrogen-bond acceptors (Lipinski definition) is 0. The van der Waals surface area contributed by atoms with E-state index >= 15 is 0 Å². The Bertz CT molecular complexity index is 367. The maximum atomic E-state index is 3.36. The van der Waals surface area contributed by atoms with E-state index in [-0.39, 0.29) is 41.8 Å². The number of allylic oxidation sites excluding steroid dienone is 8. The van der Waals surface area contributed by atoms with Crippen LogP contribution in [0.1, 0.15) is 14.3 Å². The van der Waals surface area contributed by atoms with E-state index in [0.717, 1.165) is 12.8 Å². The molecule has 0 N–H and O–H groups in total. The first-order chi connectivity index (χ1) is 8.21. The van der Waals surface area contributed by atoms with Gasteiger partial charge in [-0.1, -0.05) is 39.3 Å². The summed E-state index contributed by atoms with van der Waals surface area (Å²) in [4.78, 5) is 0.